The van der Waals surface area contributed by atoms with Crippen molar-refractivity contribution in [3.05, 3.63) is 208 Å². The van der Waals surface area contributed by atoms with Crippen molar-refractivity contribution in [2.45, 2.75) is 133 Å². The predicted octanol–water partition coefficient (Wildman–Crippen LogP) is 14.4. The number of fused-ring (bicyclic) bond motifs is 10. The van der Waals surface area contributed by atoms with Crippen molar-refractivity contribution >= 4 is 46.2 Å². The molecular formula is C72H78N10O6. The first-order valence-corrected chi connectivity index (χ1v) is 31.1. The van der Waals surface area contributed by atoms with Crippen LogP contribution in [0.3, 0.4) is 0 Å². The summed E-state index contributed by atoms with van der Waals surface area (Å²) >= 11 is 0. The van der Waals surface area contributed by atoms with Crippen molar-refractivity contribution in [3.8, 4) is 0 Å². The van der Waals surface area contributed by atoms with Crippen LogP contribution in [-0.2, 0) is 19.1 Å². The molecule has 5 unspecified atom stereocenters. The van der Waals surface area contributed by atoms with E-state index in [1.54, 1.807) is 0 Å². The Kier molecular flexibility index (Phi) is 15.7. The third-order valence-corrected chi connectivity index (χ3v) is 19.6. The number of allylic oxidation sites excluding steroid dienone is 23. The van der Waals surface area contributed by atoms with Crippen molar-refractivity contribution in [1.29, 1.82) is 0 Å². The van der Waals surface area contributed by atoms with E-state index in [2.05, 4.69) is 99.9 Å². The smallest absolute Gasteiger partial charge is 0.305 e. The quantitative estimate of drug-likeness (QED) is 0.154. The molecule has 4 N–H and O–H groups in total. The number of carbonyl (C=O) groups is 2. The molecular weight excluding hydrogens is 1100 g/mol. The molecule has 11 aliphatic heterocycles. The van der Waals surface area contributed by atoms with Crippen LogP contribution in [0.1, 0.15) is 127 Å². The van der Waals surface area contributed by atoms with Gasteiger partial charge in [-0.1, -0.05) is 53.0 Å². The summed E-state index contributed by atoms with van der Waals surface area (Å²) in [5, 5.41) is 38.8. The Morgan fingerprint density at radius 2 is 0.989 bits per heavy atom. The maximum absolute atomic E-state index is 12.2. The Balaban J connectivity index is 0.000000167. The highest BCUT2D eigenvalue weighted by Crippen LogP contribution is 2.51. The van der Waals surface area contributed by atoms with Gasteiger partial charge in [0.05, 0.1) is 95.3 Å². The summed E-state index contributed by atoms with van der Waals surface area (Å²) < 4.78 is 9.98. The van der Waals surface area contributed by atoms with Crippen LogP contribution in [0.25, 0.3) is 0 Å². The molecule has 16 nitrogen and oxygen atoms in total. The molecule has 0 aromatic rings. The normalized spacial score (nSPS) is 26.2. The lowest BCUT2D eigenvalue weighted by atomic mass is 9.86. The van der Waals surface area contributed by atoms with E-state index in [4.69, 9.17) is 39.4 Å². The van der Waals surface area contributed by atoms with Gasteiger partial charge in [-0.3, -0.25) is 9.59 Å². The van der Waals surface area contributed by atoms with Crippen LogP contribution < -0.4 is 10.6 Å². The van der Waals surface area contributed by atoms with E-state index >= 15 is 0 Å². The lowest BCUT2D eigenvalue weighted by molar-refractivity contribution is -0.141. The van der Waals surface area contributed by atoms with Gasteiger partial charge in [0.25, 0.3) is 0 Å². The average molecular weight is 1180 g/mol. The average Bonchev–Trinajstić information content (AvgIpc) is 1.63. The lowest BCUT2D eigenvalue weighted by Gasteiger charge is -2.17. The number of aliphatic imine (C=N–C) groups is 6. The number of ether oxygens (including phenoxy) is 2. The number of rotatable bonds is 10. The molecule has 0 radical (unpaired) electrons. The molecule has 0 aromatic heterocycles. The first-order chi connectivity index (χ1) is 42.4. The minimum absolute atomic E-state index is 0.00696. The van der Waals surface area contributed by atoms with E-state index in [1.165, 1.54) is 38.2 Å². The molecule has 16 heteroatoms. The molecule has 452 valence electrons. The highest BCUT2D eigenvalue weighted by molar-refractivity contribution is 6.23. The second-order valence-corrected chi connectivity index (χ2v) is 24.4. The van der Waals surface area contributed by atoms with Gasteiger partial charge in [-0.2, -0.15) is 10.2 Å². The molecule has 2 saturated heterocycles. The molecule has 0 aromatic carbocycles. The Labute approximate surface area is 515 Å². The molecule has 3 fully saturated rings. The van der Waals surface area contributed by atoms with Gasteiger partial charge in [-0.15, -0.1) is 0 Å². The summed E-state index contributed by atoms with van der Waals surface area (Å²) in [5.74, 6) is 0.944. The number of esters is 2. The fraction of sp³-hybridized carbons (Fsp3) is 0.389. The Hall–Kier alpha value is -8.92. The monoisotopic (exact) mass is 1180 g/mol. The minimum atomic E-state index is -0.239. The van der Waals surface area contributed by atoms with Crippen LogP contribution >= 0.6 is 0 Å². The number of nitrogens with one attached hydrogen (secondary N) is 2. The fourth-order valence-corrected chi connectivity index (χ4v) is 14.5. The molecule has 0 amide bonds. The standard InChI is InChI=1S/C35H36N6O3.C35H36N4O3.C2H6/c1-7-20-16(2)24-15-29-32(23-10-11-36-41-23)18(4)26(38-29)13-25-17(3)21(8-9-31(43)44-6)34(39-25)22-12-30(42)33-19(5)27(40-35(22)33)14-28(20)37-24;1-7-21-16(2)24-15-29-32(20-8-9-20)18(4)26(37-29)13-25-17(3)22(10-11-31(41)42-6)34(38-25)23-12-30(40)33-19(5)27(39-35(23)33)14-28(21)36-24;1-2/h7,13-15,17,21,23,39,42H,1,8-12H2,2-6H3;7,13-15,17,20,22,38,40H,1,8-12H2,2-6H3;1-2H3. The number of hydrogen-bond acceptors (Lipinski definition) is 16. The Morgan fingerprint density at radius 1 is 0.568 bits per heavy atom. The van der Waals surface area contributed by atoms with E-state index in [-0.39, 0.29) is 41.7 Å². The fourth-order valence-electron chi connectivity index (χ4n) is 14.5. The Bertz CT molecular complexity index is 4090. The molecule has 88 heavy (non-hydrogen) atoms. The van der Waals surface area contributed by atoms with Crippen LogP contribution in [0.2, 0.25) is 0 Å². The largest absolute Gasteiger partial charge is 0.511 e. The van der Waals surface area contributed by atoms with Gasteiger partial charge in [-0.05, 0) is 155 Å². The summed E-state index contributed by atoms with van der Waals surface area (Å²) in [6.45, 7) is 29.7. The maximum Gasteiger partial charge on any atom is 0.305 e. The van der Waals surface area contributed by atoms with Crippen molar-refractivity contribution in [2.24, 2.45) is 69.8 Å². The lowest BCUT2D eigenvalue weighted by Crippen LogP contribution is -2.16. The van der Waals surface area contributed by atoms with Gasteiger partial charge in [0, 0.05) is 111 Å². The number of aliphatic hydroxyl groups is 2. The maximum atomic E-state index is 12.2. The second-order valence-electron chi connectivity index (χ2n) is 24.4. The first-order valence-electron chi connectivity index (χ1n) is 31.1. The first kappa shape index (κ1) is 59.4. The zero-order valence-corrected chi connectivity index (χ0v) is 52.7. The number of nitrogens with zero attached hydrogens (tertiary/aromatic N) is 8. The minimum Gasteiger partial charge on any atom is -0.511 e. The summed E-state index contributed by atoms with van der Waals surface area (Å²) in [6.07, 6.45) is 22.1. The zero-order valence-electron chi connectivity index (χ0n) is 52.7. The van der Waals surface area contributed by atoms with Gasteiger partial charge in [0.15, 0.2) is 0 Å². The molecule has 14 aliphatic rings. The Morgan fingerprint density at radius 3 is 1.40 bits per heavy atom. The highest BCUT2D eigenvalue weighted by Gasteiger charge is 2.44. The van der Waals surface area contributed by atoms with Crippen molar-refractivity contribution < 1.29 is 29.3 Å². The van der Waals surface area contributed by atoms with Crippen molar-refractivity contribution in [1.82, 2.24) is 10.6 Å². The topological polar surface area (TPSA) is 216 Å². The van der Waals surface area contributed by atoms with Crippen molar-refractivity contribution in [2.75, 3.05) is 20.8 Å². The van der Waals surface area contributed by atoms with E-state index in [0.717, 1.165) is 165 Å². The SMILES string of the molecule is C=CC1=C(C)C2=NC1=CC1=C(C)C3=C(O)CC(=C4NC(=CC5=NC(=C2)C(C2CC2)=C5C)C(C)C4CCC(=O)OC)C3=N1.C=CC1=C(C)C2=NC1=CC1=C(C)C3=C(O)CC(=C4NC(=CC5=NC(=C2)C(C2CCN=N2)=C5C)C(C)C4CCC(=O)OC)C3=N1.CC. The van der Waals surface area contributed by atoms with Gasteiger partial charge in [-0.25, -0.2) is 30.0 Å². The van der Waals surface area contributed by atoms with E-state index in [1.807, 2.05) is 52.0 Å². The zero-order chi connectivity index (χ0) is 62.3. The summed E-state index contributed by atoms with van der Waals surface area (Å²) in [5.41, 5.74) is 28.3. The van der Waals surface area contributed by atoms with Gasteiger partial charge < -0.3 is 30.3 Å². The van der Waals surface area contributed by atoms with E-state index in [0.29, 0.717) is 62.5 Å². The summed E-state index contributed by atoms with van der Waals surface area (Å²) in [7, 11) is 2.85. The van der Waals surface area contributed by atoms with Crippen LogP contribution in [-0.4, -0.2) is 83.2 Å². The number of aliphatic hydroxyl groups excluding tert-OH is 2. The molecule has 0 spiro atoms. The second kappa shape index (κ2) is 23.3. The van der Waals surface area contributed by atoms with Gasteiger partial charge in [0.1, 0.15) is 11.5 Å². The molecule has 14 rings (SSSR count). The van der Waals surface area contributed by atoms with Crippen LogP contribution in [0, 0.1) is 29.6 Å². The predicted molar refractivity (Wildman–Crippen MR) is 349 cm³/mol. The number of azo groups is 1. The van der Waals surface area contributed by atoms with Crippen LogP contribution in [0.4, 0.5) is 0 Å². The third-order valence-electron chi connectivity index (χ3n) is 19.6. The number of carbonyl (C=O) groups excluding carboxylic acids is 2. The third kappa shape index (κ3) is 10.0. The molecule has 3 aliphatic carbocycles. The van der Waals surface area contributed by atoms with E-state index in [9.17, 15) is 19.8 Å². The number of methoxy groups -OCH3 is 2. The van der Waals surface area contributed by atoms with Crippen LogP contribution in [0.5, 0.6) is 0 Å². The molecule has 16 bridgehead atoms. The van der Waals surface area contributed by atoms with Crippen LogP contribution in [0.15, 0.2) is 248 Å². The van der Waals surface area contributed by atoms with E-state index < -0.39 is 0 Å². The molecule has 11 heterocycles. The van der Waals surface area contributed by atoms with Gasteiger partial charge >= 0.3 is 11.9 Å². The summed E-state index contributed by atoms with van der Waals surface area (Å²) in [4.78, 5) is 55.1. The van der Waals surface area contributed by atoms with Gasteiger partial charge in [0.2, 0.25) is 0 Å². The molecule has 1 saturated carbocycles. The number of hydrogen-bond donors (Lipinski definition) is 4. The van der Waals surface area contributed by atoms with Crippen molar-refractivity contribution in [3.63, 3.8) is 0 Å². The molecule has 5 atom stereocenters. The summed E-state index contributed by atoms with van der Waals surface area (Å²) in [6, 6.07) is -0.0488. The highest BCUT2D eigenvalue weighted by atomic mass is 16.5.